The average molecular weight is 250 g/mol. The van der Waals surface area contributed by atoms with Gasteiger partial charge in [0.25, 0.3) is 0 Å². The molecule has 0 unspecified atom stereocenters. The lowest BCUT2D eigenvalue weighted by Gasteiger charge is -2.08. The minimum atomic E-state index is 0.0275. The molecule has 0 heterocycles. The normalized spacial score (nSPS) is 10.3. The molecular weight excluding hydrogens is 228 g/mol. The first kappa shape index (κ1) is 14.7. The fourth-order valence-corrected chi connectivity index (χ4v) is 1.63. The Labute approximate surface area is 109 Å². The number of carbonyl (C=O) groups is 1. The van der Waals surface area contributed by atoms with Crippen molar-refractivity contribution in [1.29, 1.82) is 0 Å². The van der Waals surface area contributed by atoms with Gasteiger partial charge in [-0.25, -0.2) is 0 Å². The summed E-state index contributed by atoms with van der Waals surface area (Å²) in [6.45, 7) is 4.48. The lowest BCUT2D eigenvalue weighted by molar-refractivity contribution is -0.120. The molecule has 0 aromatic heterocycles. The van der Waals surface area contributed by atoms with Crippen molar-refractivity contribution in [2.75, 3.05) is 26.8 Å². The Bertz CT molecular complexity index is 367. The number of rotatable bonds is 8. The summed E-state index contributed by atoms with van der Waals surface area (Å²) in [5, 5.41) is 5.98. The Morgan fingerprint density at radius 1 is 1.33 bits per heavy atom. The number of hydrogen-bond donors (Lipinski definition) is 2. The lowest BCUT2D eigenvalue weighted by Crippen LogP contribution is -2.34. The van der Waals surface area contributed by atoms with Crippen LogP contribution in [0.3, 0.4) is 0 Å². The second kappa shape index (κ2) is 8.66. The van der Waals surface area contributed by atoms with E-state index in [9.17, 15) is 4.79 Å². The first-order valence-electron chi connectivity index (χ1n) is 6.25. The molecule has 0 aliphatic heterocycles. The Hall–Kier alpha value is -1.39. The van der Waals surface area contributed by atoms with E-state index >= 15 is 0 Å². The first-order chi connectivity index (χ1) is 8.74. The van der Waals surface area contributed by atoms with E-state index in [-0.39, 0.29) is 5.91 Å². The number of methoxy groups -OCH3 is 1. The predicted molar refractivity (Wildman–Crippen MR) is 72.4 cm³/mol. The van der Waals surface area contributed by atoms with Gasteiger partial charge in [0.1, 0.15) is 0 Å². The number of ether oxygens (including phenoxy) is 1. The molecule has 100 valence electrons. The second-order valence-electron chi connectivity index (χ2n) is 4.23. The largest absolute Gasteiger partial charge is 0.385 e. The van der Waals surface area contributed by atoms with Crippen molar-refractivity contribution in [3.8, 4) is 0 Å². The maximum atomic E-state index is 11.5. The molecule has 1 aromatic carbocycles. The predicted octanol–water partition coefficient (Wildman–Crippen LogP) is 1.24. The van der Waals surface area contributed by atoms with Gasteiger partial charge in [-0.3, -0.25) is 4.79 Å². The highest BCUT2D eigenvalue weighted by atomic mass is 16.5. The smallest absolute Gasteiger partial charge is 0.233 e. The third-order valence-corrected chi connectivity index (χ3v) is 2.71. The van der Waals surface area contributed by atoms with Crippen molar-refractivity contribution >= 4 is 5.91 Å². The molecule has 1 aromatic rings. The number of amides is 1. The van der Waals surface area contributed by atoms with Crippen molar-refractivity contribution in [2.45, 2.75) is 19.9 Å². The molecule has 0 aliphatic rings. The van der Waals surface area contributed by atoms with Crippen LogP contribution >= 0.6 is 0 Å². The van der Waals surface area contributed by atoms with E-state index in [2.05, 4.69) is 29.7 Å². The lowest BCUT2D eigenvalue weighted by atomic mass is 10.1. The van der Waals surface area contributed by atoms with E-state index < -0.39 is 0 Å². The molecular formula is C14H22N2O2. The van der Waals surface area contributed by atoms with Crippen molar-refractivity contribution in [3.05, 3.63) is 35.4 Å². The molecule has 0 bridgehead atoms. The second-order valence-corrected chi connectivity index (χ2v) is 4.23. The van der Waals surface area contributed by atoms with Crippen LogP contribution in [0.15, 0.2) is 24.3 Å². The number of hydrogen-bond acceptors (Lipinski definition) is 3. The Kier molecular flexibility index (Phi) is 7.06. The Morgan fingerprint density at radius 3 is 2.83 bits per heavy atom. The fraction of sp³-hybridized carbons (Fsp3) is 0.500. The molecule has 1 rings (SSSR count). The van der Waals surface area contributed by atoms with Crippen LogP contribution < -0.4 is 10.6 Å². The maximum Gasteiger partial charge on any atom is 0.233 e. The molecule has 0 aliphatic carbocycles. The monoisotopic (exact) mass is 250 g/mol. The molecule has 1 amide bonds. The fourth-order valence-electron chi connectivity index (χ4n) is 1.63. The van der Waals surface area contributed by atoms with Crippen LogP contribution in [0.2, 0.25) is 0 Å². The topological polar surface area (TPSA) is 50.4 Å². The summed E-state index contributed by atoms with van der Waals surface area (Å²) in [6, 6.07) is 8.16. The van der Waals surface area contributed by atoms with Gasteiger partial charge < -0.3 is 15.4 Å². The first-order valence-corrected chi connectivity index (χ1v) is 6.25. The van der Waals surface area contributed by atoms with Crippen molar-refractivity contribution in [3.63, 3.8) is 0 Å². The highest BCUT2D eigenvalue weighted by molar-refractivity contribution is 5.77. The molecule has 0 radical (unpaired) electrons. The maximum absolute atomic E-state index is 11.5. The van der Waals surface area contributed by atoms with Gasteiger partial charge in [0.05, 0.1) is 6.54 Å². The third-order valence-electron chi connectivity index (χ3n) is 2.71. The molecule has 4 heteroatoms. The molecule has 0 fully saturated rings. The van der Waals surface area contributed by atoms with Crippen LogP contribution in [0.1, 0.15) is 17.5 Å². The highest BCUT2D eigenvalue weighted by Crippen LogP contribution is 2.05. The van der Waals surface area contributed by atoms with E-state index in [1.165, 1.54) is 11.1 Å². The molecule has 18 heavy (non-hydrogen) atoms. The van der Waals surface area contributed by atoms with Crippen molar-refractivity contribution in [1.82, 2.24) is 10.6 Å². The minimum absolute atomic E-state index is 0.0275. The van der Waals surface area contributed by atoms with Crippen LogP contribution in [-0.2, 0) is 16.1 Å². The summed E-state index contributed by atoms with van der Waals surface area (Å²) in [5.41, 5.74) is 2.47. The Morgan fingerprint density at radius 2 is 2.11 bits per heavy atom. The number of aryl methyl sites for hydroxylation is 1. The van der Waals surface area contributed by atoms with Gasteiger partial charge >= 0.3 is 0 Å². The minimum Gasteiger partial charge on any atom is -0.385 e. The molecule has 0 spiro atoms. The molecule has 4 nitrogen and oxygen atoms in total. The van der Waals surface area contributed by atoms with Crippen molar-refractivity contribution < 1.29 is 9.53 Å². The SMILES string of the molecule is COCCCNC(=O)CNCc1ccccc1C. The average Bonchev–Trinajstić information content (AvgIpc) is 2.37. The van der Waals surface area contributed by atoms with E-state index in [1.807, 2.05) is 12.1 Å². The van der Waals surface area contributed by atoms with Gasteiger partial charge in [0.15, 0.2) is 0 Å². The number of nitrogens with one attached hydrogen (secondary N) is 2. The van der Waals surface area contributed by atoms with Gasteiger partial charge in [0, 0.05) is 26.8 Å². The van der Waals surface area contributed by atoms with Crippen molar-refractivity contribution in [2.24, 2.45) is 0 Å². The van der Waals surface area contributed by atoms with E-state index in [0.717, 1.165) is 13.0 Å². The zero-order chi connectivity index (χ0) is 13.2. The Balaban J connectivity index is 2.14. The summed E-state index contributed by atoms with van der Waals surface area (Å²) in [4.78, 5) is 11.5. The van der Waals surface area contributed by atoms with Gasteiger partial charge in [-0.05, 0) is 24.5 Å². The standard InChI is InChI=1S/C14H22N2O2/c1-12-6-3-4-7-13(12)10-15-11-14(17)16-8-5-9-18-2/h3-4,6-7,15H,5,8-11H2,1-2H3,(H,16,17). The molecule has 0 saturated carbocycles. The zero-order valence-corrected chi connectivity index (χ0v) is 11.2. The summed E-state index contributed by atoms with van der Waals surface area (Å²) >= 11 is 0. The van der Waals surface area contributed by atoms with E-state index in [4.69, 9.17) is 4.74 Å². The summed E-state index contributed by atoms with van der Waals surface area (Å²) in [7, 11) is 1.66. The highest BCUT2D eigenvalue weighted by Gasteiger charge is 2.01. The molecule has 2 N–H and O–H groups in total. The van der Waals surface area contributed by atoms with Crippen LogP contribution in [0.4, 0.5) is 0 Å². The van der Waals surface area contributed by atoms with Gasteiger partial charge in [-0.1, -0.05) is 24.3 Å². The van der Waals surface area contributed by atoms with Gasteiger partial charge in [0.2, 0.25) is 5.91 Å². The van der Waals surface area contributed by atoms with E-state index in [1.54, 1.807) is 7.11 Å². The van der Waals surface area contributed by atoms with E-state index in [0.29, 0.717) is 19.7 Å². The molecule has 0 atom stereocenters. The zero-order valence-electron chi connectivity index (χ0n) is 11.2. The van der Waals surface area contributed by atoms with Crippen LogP contribution in [0, 0.1) is 6.92 Å². The quantitative estimate of drug-likeness (QED) is 0.682. The number of benzene rings is 1. The third kappa shape index (κ3) is 5.80. The summed E-state index contributed by atoms with van der Waals surface area (Å²) in [6.07, 6.45) is 0.847. The summed E-state index contributed by atoms with van der Waals surface area (Å²) < 4.78 is 4.91. The van der Waals surface area contributed by atoms with Crippen LogP contribution in [0.5, 0.6) is 0 Å². The summed E-state index contributed by atoms with van der Waals surface area (Å²) in [5.74, 6) is 0.0275. The van der Waals surface area contributed by atoms with Crippen LogP contribution in [0.25, 0.3) is 0 Å². The van der Waals surface area contributed by atoms with Crippen LogP contribution in [-0.4, -0.2) is 32.7 Å². The molecule has 0 saturated heterocycles. The van der Waals surface area contributed by atoms with Gasteiger partial charge in [-0.2, -0.15) is 0 Å². The number of carbonyl (C=O) groups excluding carboxylic acids is 1. The van der Waals surface area contributed by atoms with Gasteiger partial charge in [-0.15, -0.1) is 0 Å².